The summed E-state index contributed by atoms with van der Waals surface area (Å²) in [6.45, 7) is 4.07. The number of methoxy groups -OCH3 is 1. The van der Waals surface area contributed by atoms with Gasteiger partial charge in [0.2, 0.25) is 4.96 Å². The fraction of sp³-hybridized carbons (Fsp3) is 0.0952. The van der Waals surface area contributed by atoms with Crippen molar-refractivity contribution >= 4 is 22.4 Å². The maximum Gasteiger partial charge on any atom is 0.291 e. The number of fused-ring (bicyclic) bond motifs is 1. The summed E-state index contributed by atoms with van der Waals surface area (Å²) >= 11 is 1.31. The first-order chi connectivity index (χ1) is 13.7. The Morgan fingerprint density at radius 3 is 2.71 bits per heavy atom. The Balaban J connectivity index is 1.67. The molecular weight excluding hydrogens is 374 g/mol. The highest BCUT2D eigenvalue weighted by Crippen LogP contribution is 2.20. The summed E-state index contributed by atoms with van der Waals surface area (Å²) in [7, 11) is 1.61. The fourth-order valence-corrected chi connectivity index (χ4v) is 3.60. The molecule has 0 aliphatic carbocycles. The molecule has 2 aromatic carbocycles. The molecule has 0 spiro atoms. The third-order valence-electron chi connectivity index (χ3n) is 4.05. The highest BCUT2D eigenvalue weighted by molar-refractivity contribution is 7.15. The van der Waals surface area contributed by atoms with E-state index >= 15 is 0 Å². The van der Waals surface area contributed by atoms with E-state index in [0.29, 0.717) is 21.9 Å². The number of hydrogen-bond donors (Lipinski definition) is 0. The van der Waals surface area contributed by atoms with Gasteiger partial charge in [-0.05, 0) is 48.0 Å². The molecule has 6 nitrogen and oxygen atoms in total. The van der Waals surface area contributed by atoms with Gasteiger partial charge < -0.3 is 9.47 Å². The third-order valence-corrected chi connectivity index (χ3v) is 5.01. The standard InChI is InChI=1S/C21H17N3O3S/c1-3-11-27-16-9-7-15(8-10-16)19-22-21-24(23-19)20(25)18(28-21)13-14-5-4-6-17(12-14)26-2/h3-10,12-13H,1,11H2,2H3/b18-13-. The van der Waals surface area contributed by atoms with Crippen molar-refractivity contribution in [3.05, 3.63) is 81.6 Å². The average Bonchev–Trinajstić information content (AvgIpc) is 3.26. The normalized spacial score (nSPS) is 11.7. The van der Waals surface area contributed by atoms with Crippen LogP contribution in [0.2, 0.25) is 0 Å². The largest absolute Gasteiger partial charge is 0.497 e. The average molecular weight is 391 g/mol. The smallest absolute Gasteiger partial charge is 0.291 e. The fourth-order valence-electron chi connectivity index (χ4n) is 2.69. The van der Waals surface area contributed by atoms with E-state index in [0.717, 1.165) is 22.6 Å². The molecule has 2 heterocycles. The molecule has 0 saturated heterocycles. The van der Waals surface area contributed by atoms with E-state index < -0.39 is 0 Å². The predicted molar refractivity (Wildman–Crippen MR) is 110 cm³/mol. The molecule has 0 N–H and O–H groups in total. The maximum atomic E-state index is 12.7. The van der Waals surface area contributed by atoms with E-state index in [9.17, 15) is 4.79 Å². The van der Waals surface area contributed by atoms with Gasteiger partial charge in [-0.25, -0.2) is 0 Å². The van der Waals surface area contributed by atoms with Crippen molar-refractivity contribution < 1.29 is 9.47 Å². The number of nitrogens with zero attached hydrogens (tertiary/aromatic N) is 3. The van der Waals surface area contributed by atoms with Gasteiger partial charge in [0.1, 0.15) is 18.1 Å². The lowest BCUT2D eigenvalue weighted by Crippen LogP contribution is -2.23. The van der Waals surface area contributed by atoms with Crippen molar-refractivity contribution in [2.24, 2.45) is 0 Å². The number of hydrogen-bond acceptors (Lipinski definition) is 6. The number of thiazole rings is 1. The lowest BCUT2D eigenvalue weighted by molar-refractivity contribution is 0.363. The molecule has 0 bridgehead atoms. The van der Waals surface area contributed by atoms with Crippen molar-refractivity contribution in [1.82, 2.24) is 14.6 Å². The zero-order valence-electron chi connectivity index (χ0n) is 15.2. The second kappa shape index (κ2) is 7.66. The van der Waals surface area contributed by atoms with Crippen LogP contribution in [-0.2, 0) is 0 Å². The number of benzene rings is 2. The molecule has 0 fully saturated rings. The van der Waals surface area contributed by atoms with Crippen LogP contribution in [0.15, 0.2) is 66.0 Å². The molecule has 0 saturated carbocycles. The molecule has 4 aromatic rings. The van der Waals surface area contributed by atoms with Crippen LogP contribution in [0.3, 0.4) is 0 Å². The van der Waals surface area contributed by atoms with Gasteiger partial charge in [-0.15, -0.1) is 5.10 Å². The monoisotopic (exact) mass is 391 g/mol. The van der Waals surface area contributed by atoms with Crippen molar-refractivity contribution in [3.8, 4) is 22.9 Å². The molecular formula is C21H17N3O3S. The van der Waals surface area contributed by atoms with E-state index in [2.05, 4.69) is 16.7 Å². The Morgan fingerprint density at radius 2 is 2.00 bits per heavy atom. The quantitative estimate of drug-likeness (QED) is 0.473. The Morgan fingerprint density at radius 1 is 1.18 bits per heavy atom. The molecule has 0 radical (unpaired) electrons. The van der Waals surface area contributed by atoms with Crippen LogP contribution in [0.4, 0.5) is 0 Å². The van der Waals surface area contributed by atoms with Gasteiger partial charge in [0, 0.05) is 5.56 Å². The molecule has 28 heavy (non-hydrogen) atoms. The Labute approximate surface area is 165 Å². The summed E-state index contributed by atoms with van der Waals surface area (Å²) in [6.07, 6.45) is 3.51. The van der Waals surface area contributed by atoms with Gasteiger partial charge in [-0.3, -0.25) is 4.79 Å². The van der Waals surface area contributed by atoms with Gasteiger partial charge in [-0.1, -0.05) is 36.1 Å². The minimum Gasteiger partial charge on any atom is -0.497 e. The van der Waals surface area contributed by atoms with E-state index in [1.54, 1.807) is 13.2 Å². The maximum absolute atomic E-state index is 12.7. The molecule has 2 aromatic heterocycles. The zero-order chi connectivity index (χ0) is 19.5. The predicted octanol–water partition coefficient (Wildman–Crippen LogP) is 2.94. The number of aromatic nitrogens is 3. The first-order valence-electron chi connectivity index (χ1n) is 8.57. The van der Waals surface area contributed by atoms with Crippen LogP contribution in [-0.4, -0.2) is 28.3 Å². The minimum atomic E-state index is -0.187. The molecule has 140 valence electrons. The van der Waals surface area contributed by atoms with Crippen LogP contribution in [0.25, 0.3) is 22.4 Å². The van der Waals surface area contributed by atoms with Crippen LogP contribution >= 0.6 is 11.3 Å². The van der Waals surface area contributed by atoms with Crippen LogP contribution in [0, 0.1) is 0 Å². The number of ether oxygens (including phenoxy) is 2. The first kappa shape index (κ1) is 17.9. The van der Waals surface area contributed by atoms with Crippen molar-refractivity contribution in [3.63, 3.8) is 0 Å². The molecule has 7 heteroatoms. The first-order valence-corrected chi connectivity index (χ1v) is 9.39. The second-order valence-corrected chi connectivity index (χ2v) is 6.96. The minimum absolute atomic E-state index is 0.187. The summed E-state index contributed by atoms with van der Waals surface area (Å²) in [5, 5.41) is 4.37. The van der Waals surface area contributed by atoms with Gasteiger partial charge in [0.15, 0.2) is 5.82 Å². The summed E-state index contributed by atoms with van der Waals surface area (Å²) in [5.41, 5.74) is 1.52. The van der Waals surface area contributed by atoms with Crippen LogP contribution in [0.5, 0.6) is 11.5 Å². The van der Waals surface area contributed by atoms with Crippen LogP contribution in [0.1, 0.15) is 5.56 Å². The molecule has 0 amide bonds. The van der Waals surface area contributed by atoms with Gasteiger partial charge in [0.05, 0.1) is 11.6 Å². The Bertz CT molecular complexity index is 1240. The molecule has 4 rings (SSSR count). The SMILES string of the molecule is C=CCOc1ccc(-c2nc3s/c(=C\c4cccc(OC)c4)c(=O)n3n2)cc1. The van der Waals surface area contributed by atoms with E-state index in [1.165, 1.54) is 15.9 Å². The van der Waals surface area contributed by atoms with Crippen molar-refractivity contribution in [1.29, 1.82) is 0 Å². The van der Waals surface area contributed by atoms with Crippen LogP contribution < -0.4 is 19.6 Å². The number of rotatable bonds is 6. The summed E-state index contributed by atoms with van der Waals surface area (Å²) in [4.78, 5) is 17.7. The van der Waals surface area contributed by atoms with E-state index in [1.807, 2.05) is 54.6 Å². The van der Waals surface area contributed by atoms with E-state index in [-0.39, 0.29) is 5.56 Å². The Hall–Kier alpha value is -3.45. The van der Waals surface area contributed by atoms with Gasteiger partial charge >= 0.3 is 0 Å². The van der Waals surface area contributed by atoms with E-state index in [4.69, 9.17) is 9.47 Å². The van der Waals surface area contributed by atoms with Crippen molar-refractivity contribution in [2.45, 2.75) is 0 Å². The second-order valence-electron chi connectivity index (χ2n) is 5.95. The highest BCUT2D eigenvalue weighted by Gasteiger charge is 2.12. The summed E-state index contributed by atoms with van der Waals surface area (Å²) in [6, 6.07) is 14.9. The third kappa shape index (κ3) is 3.52. The molecule has 0 atom stereocenters. The highest BCUT2D eigenvalue weighted by atomic mass is 32.1. The molecule has 0 aliphatic rings. The lowest BCUT2D eigenvalue weighted by Gasteiger charge is -2.02. The van der Waals surface area contributed by atoms with Crippen molar-refractivity contribution in [2.75, 3.05) is 13.7 Å². The Kier molecular flexibility index (Phi) is 4.90. The summed E-state index contributed by atoms with van der Waals surface area (Å²) < 4.78 is 12.6. The molecule has 0 unspecified atom stereocenters. The lowest BCUT2D eigenvalue weighted by atomic mass is 10.2. The van der Waals surface area contributed by atoms with Gasteiger partial charge in [-0.2, -0.15) is 9.50 Å². The summed E-state index contributed by atoms with van der Waals surface area (Å²) in [5.74, 6) is 1.99. The topological polar surface area (TPSA) is 65.7 Å². The molecule has 0 aliphatic heterocycles. The zero-order valence-corrected chi connectivity index (χ0v) is 16.0. The van der Waals surface area contributed by atoms with Gasteiger partial charge in [0.25, 0.3) is 5.56 Å².